The Balaban J connectivity index is 1.73. The summed E-state index contributed by atoms with van der Waals surface area (Å²) in [5.41, 5.74) is 1.07. The van der Waals surface area contributed by atoms with Crippen molar-refractivity contribution in [1.82, 2.24) is 9.88 Å². The van der Waals surface area contributed by atoms with Crippen molar-refractivity contribution in [3.63, 3.8) is 0 Å². The lowest BCUT2D eigenvalue weighted by molar-refractivity contribution is 0.294. The van der Waals surface area contributed by atoms with Crippen molar-refractivity contribution in [1.29, 1.82) is 0 Å². The first kappa shape index (κ1) is 12.4. The highest BCUT2D eigenvalue weighted by atomic mass is 15.1. The molecule has 17 heavy (non-hydrogen) atoms. The van der Waals surface area contributed by atoms with Crippen LogP contribution in [0.5, 0.6) is 0 Å². The molecule has 0 bridgehead atoms. The van der Waals surface area contributed by atoms with Crippen molar-refractivity contribution >= 4 is 5.82 Å². The maximum absolute atomic E-state index is 4.45. The van der Waals surface area contributed by atoms with Gasteiger partial charge in [0, 0.05) is 18.8 Å². The molecule has 2 heterocycles. The second-order valence-corrected chi connectivity index (χ2v) is 5.16. The summed E-state index contributed by atoms with van der Waals surface area (Å²) in [4.78, 5) is 7.02. The van der Waals surface area contributed by atoms with Gasteiger partial charge >= 0.3 is 0 Å². The molecule has 1 aromatic heterocycles. The molecule has 1 aliphatic rings. The van der Waals surface area contributed by atoms with E-state index in [1.807, 2.05) is 19.1 Å². The summed E-state index contributed by atoms with van der Waals surface area (Å²) in [7, 11) is 0. The van der Waals surface area contributed by atoms with Gasteiger partial charge < -0.3 is 10.2 Å². The summed E-state index contributed by atoms with van der Waals surface area (Å²) in [5.74, 6) is 1.67. The number of rotatable bonds is 5. The molecule has 1 atom stereocenters. The molecule has 0 amide bonds. The van der Waals surface area contributed by atoms with E-state index in [0.29, 0.717) is 5.92 Å². The minimum absolute atomic E-state index is 0.676. The summed E-state index contributed by atoms with van der Waals surface area (Å²) < 4.78 is 0. The Bertz CT molecular complexity index is 345. The van der Waals surface area contributed by atoms with Crippen molar-refractivity contribution in [2.45, 2.75) is 26.7 Å². The van der Waals surface area contributed by atoms with Gasteiger partial charge in [-0.15, -0.1) is 0 Å². The van der Waals surface area contributed by atoms with Crippen LogP contribution in [0.2, 0.25) is 0 Å². The molecule has 2 rings (SSSR count). The normalized spacial score (nSPS) is 18.2. The summed E-state index contributed by atoms with van der Waals surface area (Å²) in [6.45, 7) is 9.12. The maximum Gasteiger partial charge on any atom is 0.126 e. The summed E-state index contributed by atoms with van der Waals surface area (Å²) >= 11 is 0. The number of pyridine rings is 1. The lowest BCUT2D eigenvalue weighted by atomic mass is 10.1. The van der Waals surface area contributed by atoms with Crippen LogP contribution in [0, 0.1) is 12.8 Å². The van der Waals surface area contributed by atoms with Gasteiger partial charge in [0.1, 0.15) is 5.82 Å². The quantitative estimate of drug-likeness (QED) is 0.847. The Labute approximate surface area is 104 Å². The first-order valence-corrected chi connectivity index (χ1v) is 6.64. The van der Waals surface area contributed by atoms with Crippen LogP contribution in [-0.2, 0) is 0 Å². The Hall–Kier alpha value is -1.09. The van der Waals surface area contributed by atoms with Crippen LogP contribution in [0.15, 0.2) is 18.2 Å². The van der Waals surface area contributed by atoms with E-state index in [2.05, 4.69) is 28.2 Å². The molecule has 0 aromatic carbocycles. The highest BCUT2D eigenvalue weighted by molar-refractivity contribution is 5.34. The Morgan fingerprint density at radius 1 is 1.35 bits per heavy atom. The van der Waals surface area contributed by atoms with E-state index in [9.17, 15) is 0 Å². The number of likely N-dealkylation sites (tertiary alicyclic amines) is 1. The maximum atomic E-state index is 4.45. The van der Waals surface area contributed by atoms with Gasteiger partial charge in [0.25, 0.3) is 0 Å². The smallest absolute Gasteiger partial charge is 0.126 e. The zero-order valence-electron chi connectivity index (χ0n) is 10.9. The van der Waals surface area contributed by atoms with Crippen molar-refractivity contribution in [2.24, 2.45) is 5.92 Å². The molecule has 0 saturated carbocycles. The van der Waals surface area contributed by atoms with Crippen LogP contribution in [-0.4, -0.2) is 36.1 Å². The Kier molecular flexibility index (Phi) is 4.37. The van der Waals surface area contributed by atoms with E-state index in [4.69, 9.17) is 0 Å². The van der Waals surface area contributed by atoms with Gasteiger partial charge in [0.05, 0.1) is 0 Å². The first-order chi connectivity index (χ1) is 8.24. The fourth-order valence-electron chi connectivity index (χ4n) is 2.39. The molecular weight excluding hydrogens is 210 g/mol. The summed E-state index contributed by atoms with van der Waals surface area (Å²) in [6, 6.07) is 6.12. The van der Waals surface area contributed by atoms with E-state index in [1.54, 1.807) is 0 Å². The lowest BCUT2D eigenvalue weighted by Gasteiger charge is -2.20. The van der Waals surface area contributed by atoms with E-state index < -0.39 is 0 Å². The highest BCUT2D eigenvalue weighted by Crippen LogP contribution is 2.11. The minimum Gasteiger partial charge on any atom is -0.370 e. The third kappa shape index (κ3) is 4.00. The number of nitrogens with zero attached hydrogens (tertiary/aromatic N) is 2. The predicted molar refractivity (Wildman–Crippen MR) is 72.3 cm³/mol. The molecule has 94 valence electrons. The third-order valence-electron chi connectivity index (χ3n) is 3.29. The number of hydrogen-bond acceptors (Lipinski definition) is 3. The molecule has 0 radical (unpaired) electrons. The molecule has 1 aliphatic heterocycles. The topological polar surface area (TPSA) is 28.2 Å². The SMILES string of the molecule is Cc1cccc(NCC(C)CN2CCCC2)n1. The molecule has 1 saturated heterocycles. The number of anilines is 1. The van der Waals surface area contributed by atoms with Crippen LogP contribution in [0.25, 0.3) is 0 Å². The van der Waals surface area contributed by atoms with Crippen molar-refractivity contribution < 1.29 is 0 Å². The van der Waals surface area contributed by atoms with E-state index >= 15 is 0 Å². The molecule has 1 aromatic rings. The lowest BCUT2D eigenvalue weighted by Crippen LogP contribution is -2.29. The molecule has 1 N–H and O–H groups in total. The van der Waals surface area contributed by atoms with Gasteiger partial charge in [0.2, 0.25) is 0 Å². The molecule has 0 spiro atoms. The van der Waals surface area contributed by atoms with Gasteiger partial charge in [0.15, 0.2) is 0 Å². The Morgan fingerprint density at radius 3 is 2.82 bits per heavy atom. The molecular formula is C14H23N3. The van der Waals surface area contributed by atoms with Crippen LogP contribution < -0.4 is 5.32 Å². The molecule has 1 unspecified atom stereocenters. The first-order valence-electron chi connectivity index (χ1n) is 6.64. The fraction of sp³-hybridized carbons (Fsp3) is 0.643. The molecule has 0 aliphatic carbocycles. The fourth-order valence-corrected chi connectivity index (χ4v) is 2.39. The van der Waals surface area contributed by atoms with Crippen molar-refractivity contribution in [3.8, 4) is 0 Å². The van der Waals surface area contributed by atoms with Crippen LogP contribution in [0.4, 0.5) is 5.82 Å². The van der Waals surface area contributed by atoms with Gasteiger partial charge in [-0.25, -0.2) is 4.98 Å². The molecule has 1 fully saturated rings. The average Bonchev–Trinajstić information content (AvgIpc) is 2.79. The Morgan fingerprint density at radius 2 is 2.12 bits per heavy atom. The van der Waals surface area contributed by atoms with Gasteiger partial charge in [-0.1, -0.05) is 13.0 Å². The van der Waals surface area contributed by atoms with Gasteiger partial charge in [-0.05, 0) is 50.9 Å². The van der Waals surface area contributed by atoms with Crippen molar-refractivity contribution in [3.05, 3.63) is 23.9 Å². The van der Waals surface area contributed by atoms with Crippen LogP contribution >= 0.6 is 0 Å². The number of aryl methyl sites for hydroxylation is 1. The standard InChI is InChI=1S/C14H23N3/c1-12(11-17-8-3-4-9-17)10-15-14-7-5-6-13(2)16-14/h5-7,12H,3-4,8-11H2,1-2H3,(H,15,16). The van der Waals surface area contributed by atoms with Crippen molar-refractivity contribution in [2.75, 3.05) is 31.5 Å². The van der Waals surface area contributed by atoms with E-state index in [1.165, 1.54) is 32.5 Å². The second kappa shape index (κ2) is 6.01. The number of hydrogen-bond donors (Lipinski definition) is 1. The highest BCUT2D eigenvalue weighted by Gasteiger charge is 2.14. The molecule has 3 heteroatoms. The van der Waals surface area contributed by atoms with Gasteiger partial charge in [-0.2, -0.15) is 0 Å². The van der Waals surface area contributed by atoms with Crippen LogP contribution in [0.1, 0.15) is 25.5 Å². The summed E-state index contributed by atoms with van der Waals surface area (Å²) in [6.07, 6.45) is 2.75. The predicted octanol–water partition coefficient (Wildman–Crippen LogP) is 2.53. The average molecular weight is 233 g/mol. The summed E-state index contributed by atoms with van der Waals surface area (Å²) in [5, 5.41) is 3.42. The zero-order chi connectivity index (χ0) is 12.1. The minimum atomic E-state index is 0.676. The van der Waals surface area contributed by atoms with E-state index in [-0.39, 0.29) is 0 Å². The van der Waals surface area contributed by atoms with E-state index in [0.717, 1.165) is 18.1 Å². The second-order valence-electron chi connectivity index (χ2n) is 5.16. The number of nitrogens with one attached hydrogen (secondary N) is 1. The largest absolute Gasteiger partial charge is 0.370 e. The zero-order valence-corrected chi connectivity index (χ0v) is 10.9. The molecule has 3 nitrogen and oxygen atoms in total. The third-order valence-corrected chi connectivity index (χ3v) is 3.29. The van der Waals surface area contributed by atoms with Crippen LogP contribution in [0.3, 0.4) is 0 Å². The monoisotopic (exact) mass is 233 g/mol. The van der Waals surface area contributed by atoms with Gasteiger partial charge in [-0.3, -0.25) is 0 Å². The number of aromatic nitrogens is 1.